The molecule has 1 amide bonds. The van der Waals surface area contributed by atoms with Crippen LogP contribution in [0.3, 0.4) is 0 Å². The van der Waals surface area contributed by atoms with Gasteiger partial charge in [0, 0.05) is 0 Å². The molecule has 0 bridgehead atoms. The van der Waals surface area contributed by atoms with Crippen LogP contribution in [0.1, 0.15) is 40.0 Å². The zero-order valence-electron chi connectivity index (χ0n) is 8.31. The van der Waals surface area contributed by atoms with E-state index >= 15 is 0 Å². The minimum atomic E-state index is -0.469. The first kappa shape index (κ1) is 11.4. The molecule has 0 aliphatic carbocycles. The van der Waals surface area contributed by atoms with Gasteiger partial charge in [0.05, 0.1) is 5.54 Å². The molecule has 0 spiro atoms. The molecule has 0 saturated carbocycles. The minimum Gasteiger partial charge on any atom is -0.368 e. The summed E-state index contributed by atoms with van der Waals surface area (Å²) in [6.45, 7) is 6.83. The molecule has 0 heterocycles. The summed E-state index contributed by atoms with van der Waals surface area (Å²) < 4.78 is 0. The second-order valence-electron chi connectivity index (χ2n) is 3.08. The van der Waals surface area contributed by atoms with Crippen molar-refractivity contribution < 1.29 is 4.79 Å². The Morgan fingerprint density at radius 2 is 2.00 bits per heavy atom. The Kier molecular flexibility index (Phi) is 4.90. The molecule has 1 unspecified atom stereocenters. The molecule has 0 radical (unpaired) electrons. The second-order valence-corrected chi connectivity index (χ2v) is 3.08. The van der Waals surface area contributed by atoms with E-state index in [2.05, 4.69) is 12.2 Å². The van der Waals surface area contributed by atoms with Crippen LogP contribution in [0.25, 0.3) is 0 Å². The minimum absolute atomic E-state index is 0.228. The Labute approximate surface area is 74.7 Å². The topological polar surface area (TPSA) is 55.1 Å². The highest BCUT2D eigenvalue weighted by Crippen LogP contribution is 2.16. The van der Waals surface area contributed by atoms with Gasteiger partial charge in [0.25, 0.3) is 0 Å². The summed E-state index contributed by atoms with van der Waals surface area (Å²) in [6, 6.07) is 0. The largest absolute Gasteiger partial charge is 0.368 e. The number of carbonyl (C=O) groups excluding carboxylic acids is 1. The Bertz CT molecular complexity index is 139. The van der Waals surface area contributed by atoms with E-state index in [4.69, 9.17) is 5.73 Å². The fourth-order valence-electron chi connectivity index (χ4n) is 1.54. The summed E-state index contributed by atoms with van der Waals surface area (Å²) >= 11 is 0. The van der Waals surface area contributed by atoms with Crippen LogP contribution in [-0.4, -0.2) is 18.0 Å². The van der Waals surface area contributed by atoms with Crippen molar-refractivity contribution in [1.82, 2.24) is 5.32 Å². The third kappa shape index (κ3) is 2.48. The number of nitrogens with two attached hydrogens (primary N) is 1. The van der Waals surface area contributed by atoms with Crippen molar-refractivity contribution in [3.8, 4) is 0 Å². The Balaban J connectivity index is 4.39. The van der Waals surface area contributed by atoms with Crippen molar-refractivity contribution in [2.75, 3.05) is 6.54 Å². The molecule has 0 aromatic carbocycles. The van der Waals surface area contributed by atoms with E-state index in [1.165, 1.54) is 0 Å². The van der Waals surface area contributed by atoms with E-state index in [0.717, 1.165) is 25.8 Å². The SMILES string of the molecule is CCCC(CC)(NCC)C(N)=O. The van der Waals surface area contributed by atoms with E-state index in [0.29, 0.717) is 0 Å². The average molecular weight is 172 g/mol. The highest BCUT2D eigenvalue weighted by molar-refractivity contribution is 5.84. The third-order valence-electron chi connectivity index (χ3n) is 2.27. The molecule has 0 aromatic rings. The average Bonchev–Trinajstić information content (AvgIpc) is 2.03. The molecule has 1 atom stereocenters. The van der Waals surface area contributed by atoms with Gasteiger partial charge in [-0.25, -0.2) is 0 Å². The summed E-state index contributed by atoms with van der Waals surface area (Å²) in [5, 5.41) is 3.17. The molecule has 0 fully saturated rings. The van der Waals surface area contributed by atoms with Gasteiger partial charge in [0.1, 0.15) is 0 Å². The van der Waals surface area contributed by atoms with Crippen molar-refractivity contribution in [1.29, 1.82) is 0 Å². The van der Waals surface area contributed by atoms with Crippen molar-refractivity contribution >= 4 is 5.91 Å². The first-order chi connectivity index (χ1) is 5.63. The lowest BCUT2D eigenvalue weighted by atomic mass is 9.90. The first-order valence-electron chi connectivity index (χ1n) is 4.67. The molecule has 3 heteroatoms. The fourth-order valence-corrected chi connectivity index (χ4v) is 1.54. The van der Waals surface area contributed by atoms with E-state index in [-0.39, 0.29) is 5.91 Å². The molecular formula is C9H20N2O. The van der Waals surface area contributed by atoms with Gasteiger partial charge in [0.2, 0.25) is 5.91 Å². The smallest absolute Gasteiger partial charge is 0.237 e. The molecule has 0 saturated heterocycles. The van der Waals surface area contributed by atoms with E-state index < -0.39 is 5.54 Å². The molecule has 12 heavy (non-hydrogen) atoms. The van der Waals surface area contributed by atoms with E-state index in [9.17, 15) is 4.79 Å². The monoisotopic (exact) mass is 172 g/mol. The van der Waals surface area contributed by atoms with Crippen LogP contribution in [0.2, 0.25) is 0 Å². The molecule has 3 N–H and O–H groups in total. The van der Waals surface area contributed by atoms with Crippen LogP contribution >= 0.6 is 0 Å². The van der Waals surface area contributed by atoms with Crippen molar-refractivity contribution in [2.24, 2.45) is 5.73 Å². The van der Waals surface area contributed by atoms with Gasteiger partial charge in [-0.05, 0) is 19.4 Å². The normalized spacial score (nSPS) is 15.6. The number of hydrogen-bond donors (Lipinski definition) is 2. The number of rotatable bonds is 6. The van der Waals surface area contributed by atoms with Gasteiger partial charge in [-0.15, -0.1) is 0 Å². The molecule has 0 rings (SSSR count). The van der Waals surface area contributed by atoms with Gasteiger partial charge in [-0.1, -0.05) is 27.2 Å². The van der Waals surface area contributed by atoms with E-state index in [1.54, 1.807) is 0 Å². The number of primary amides is 1. The lowest BCUT2D eigenvalue weighted by Gasteiger charge is -2.29. The zero-order chi connectivity index (χ0) is 9.61. The predicted molar refractivity (Wildman–Crippen MR) is 50.8 cm³/mol. The van der Waals surface area contributed by atoms with Gasteiger partial charge in [-0.2, -0.15) is 0 Å². The highest BCUT2D eigenvalue weighted by Gasteiger charge is 2.32. The summed E-state index contributed by atoms with van der Waals surface area (Å²) in [5.41, 5.74) is 4.88. The zero-order valence-corrected chi connectivity index (χ0v) is 8.31. The van der Waals surface area contributed by atoms with Crippen LogP contribution in [-0.2, 0) is 4.79 Å². The van der Waals surface area contributed by atoms with Gasteiger partial charge < -0.3 is 11.1 Å². The number of amides is 1. The Morgan fingerprint density at radius 3 is 2.25 bits per heavy atom. The standard InChI is InChI=1S/C9H20N2O/c1-4-7-9(5-2,8(10)12)11-6-3/h11H,4-7H2,1-3H3,(H2,10,12). The predicted octanol–water partition coefficient (Wildman–Crippen LogP) is 1.03. The first-order valence-corrected chi connectivity index (χ1v) is 4.67. The van der Waals surface area contributed by atoms with Gasteiger partial charge in [0.15, 0.2) is 0 Å². The maximum absolute atomic E-state index is 11.2. The molecular weight excluding hydrogens is 152 g/mol. The van der Waals surface area contributed by atoms with Crippen LogP contribution in [0.5, 0.6) is 0 Å². The number of hydrogen-bond acceptors (Lipinski definition) is 2. The molecule has 72 valence electrons. The maximum atomic E-state index is 11.2. The van der Waals surface area contributed by atoms with Crippen molar-refractivity contribution in [3.05, 3.63) is 0 Å². The Hall–Kier alpha value is -0.570. The lowest BCUT2D eigenvalue weighted by Crippen LogP contribution is -2.54. The summed E-state index contributed by atoms with van der Waals surface area (Å²) in [5.74, 6) is -0.228. The van der Waals surface area contributed by atoms with Crippen LogP contribution in [0, 0.1) is 0 Å². The highest BCUT2D eigenvalue weighted by atomic mass is 16.1. The number of carbonyl (C=O) groups is 1. The van der Waals surface area contributed by atoms with Gasteiger partial charge >= 0.3 is 0 Å². The van der Waals surface area contributed by atoms with Crippen LogP contribution < -0.4 is 11.1 Å². The van der Waals surface area contributed by atoms with Gasteiger partial charge in [-0.3, -0.25) is 4.79 Å². The Morgan fingerprint density at radius 1 is 1.42 bits per heavy atom. The lowest BCUT2D eigenvalue weighted by molar-refractivity contribution is -0.124. The third-order valence-corrected chi connectivity index (χ3v) is 2.27. The van der Waals surface area contributed by atoms with Crippen molar-refractivity contribution in [2.45, 2.75) is 45.6 Å². The molecule has 0 aliphatic rings. The quantitative estimate of drug-likeness (QED) is 0.628. The number of likely N-dealkylation sites (N-methyl/N-ethyl adjacent to an activating group) is 1. The molecule has 0 aliphatic heterocycles. The van der Waals surface area contributed by atoms with Crippen LogP contribution in [0.4, 0.5) is 0 Å². The molecule has 3 nitrogen and oxygen atoms in total. The fraction of sp³-hybridized carbons (Fsp3) is 0.889. The van der Waals surface area contributed by atoms with E-state index in [1.807, 2.05) is 13.8 Å². The summed E-state index contributed by atoms with van der Waals surface area (Å²) in [6.07, 6.45) is 2.57. The molecule has 0 aromatic heterocycles. The summed E-state index contributed by atoms with van der Waals surface area (Å²) in [4.78, 5) is 11.2. The van der Waals surface area contributed by atoms with Crippen LogP contribution in [0.15, 0.2) is 0 Å². The number of nitrogens with one attached hydrogen (secondary N) is 1. The second kappa shape index (κ2) is 5.14. The van der Waals surface area contributed by atoms with Crippen molar-refractivity contribution in [3.63, 3.8) is 0 Å². The summed E-state index contributed by atoms with van der Waals surface area (Å²) in [7, 11) is 0. The maximum Gasteiger partial charge on any atom is 0.237 e.